The Balaban J connectivity index is 1.61. The average molecular weight is 415 g/mol. The lowest BCUT2D eigenvalue weighted by Crippen LogP contribution is -2.30. The molecule has 0 aliphatic carbocycles. The van der Waals surface area contributed by atoms with Gasteiger partial charge in [0.15, 0.2) is 17.7 Å². The summed E-state index contributed by atoms with van der Waals surface area (Å²) in [6.07, 6.45) is -1.06. The highest BCUT2D eigenvalue weighted by Gasteiger charge is 2.20. The number of esters is 1. The topological polar surface area (TPSA) is 89.5 Å². The van der Waals surface area contributed by atoms with E-state index in [0.717, 1.165) is 0 Å². The van der Waals surface area contributed by atoms with E-state index in [1.54, 1.807) is 60.7 Å². The van der Waals surface area contributed by atoms with Gasteiger partial charge in [0, 0.05) is 22.4 Å². The zero-order chi connectivity index (χ0) is 22.4. The zero-order valence-corrected chi connectivity index (χ0v) is 17.1. The summed E-state index contributed by atoms with van der Waals surface area (Å²) in [6.45, 7) is 2.89. The fraction of sp³-hybridized carbons (Fsp3) is 0.120. The minimum Gasteiger partial charge on any atom is -0.449 e. The summed E-state index contributed by atoms with van der Waals surface area (Å²) in [5, 5.41) is 2.62. The summed E-state index contributed by atoms with van der Waals surface area (Å²) < 4.78 is 5.23. The lowest BCUT2D eigenvalue weighted by Gasteiger charge is -2.14. The van der Waals surface area contributed by atoms with Crippen LogP contribution in [-0.2, 0) is 9.53 Å². The van der Waals surface area contributed by atoms with Gasteiger partial charge in [0.05, 0.1) is 5.56 Å². The van der Waals surface area contributed by atoms with Gasteiger partial charge in [-0.2, -0.15) is 0 Å². The second-order valence-electron chi connectivity index (χ2n) is 6.95. The van der Waals surface area contributed by atoms with Crippen molar-refractivity contribution in [2.75, 3.05) is 5.32 Å². The average Bonchev–Trinajstić information content (AvgIpc) is 2.79. The van der Waals surface area contributed by atoms with Crippen LogP contribution in [0.1, 0.15) is 50.5 Å². The number of Topliss-reactive ketones (excluding diaryl/α,β-unsaturated/α-hetero) is 1. The van der Waals surface area contributed by atoms with Gasteiger partial charge in [-0.1, -0.05) is 54.6 Å². The van der Waals surface area contributed by atoms with E-state index < -0.39 is 18.0 Å². The molecule has 0 spiro atoms. The van der Waals surface area contributed by atoms with Crippen molar-refractivity contribution in [2.24, 2.45) is 0 Å². The molecule has 6 nitrogen and oxygen atoms in total. The Hall–Kier alpha value is -4.06. The molecule has 1 amide bonds. The highest BCUT2D eigenvalue weighted by molar-refractivity contribution is 6.09. The molecule has 0 aromatic heterocycles. The van der Waals surface area contributed by atoms with Crippen molar-refractivity contribution in [1.29, 1.82) is 0 Å². The molecule has 0 aliphatic rings. The molecule has 0 saturated heterocycles. The Morgan fingerprint density at radius 2 is 1.32 bits per heavy atom. The van der Waals surface area contributed by atoms with Gasteiger partial charge in [-0.3, -0.25) is 14.4 Å². The van der Waals surface area contributed by atoms with Gasteiger partial charge in [0.1, 0.15) is 0 Å². The predicted octanol–water partition coefficient (Wildman–Crippen LogP) is 4.30. The van der Waals surface area contributed by atoms with Crippen LogP contribution in [0.15, 0.2) is 78.9 Å². The van der Waals surface area contributed by atoms with Crippen molar-refractivity contribution in [3.05, 3.63) is 101 Å². The van der Waals surface area contributed by atoms with Gasteiger partial charge in [0.2, 0.25) is 0 Å². The Bertz CT molecular complexity index is 1120. The Morgan fingerprint density at radius 3 is 1.97 bits per heavy atom. The van der Waals surface area contributed by atoms with Gasteiger partial charge in [-0.15, -0.1) is 0 Å². The molecule has 0 fully saturated rings. The molecule has 0 aliphatic heterocycles. The van der Waals surface area contributed by atoms with Crippen LogP contribution in [0.4, 0.5) is 5.69 Å². The Kier molecular flexibility index (Phi) is 6.72. The molecule has 31 heavy (non-hydrogen) atoms. The second kappa shape index (κ2) is 9.63. The first-order valence-corrected chi connectivity index (χ1v) is 9.68. The molecule has 3 aromatic carbocycles. The van der Waals surface area contributed by atoms with E-state index in [2.05, 4.69) is 5.32 Å². The number of nitrogens with one attached hydrogen (secondary N) is 1. The zero-order valence-electron chi connectivity index (χ0n) is 17.1. The van der Waals surface area contributed by atoms with Crippen LogP contribution in [0.25, 0.3) is 0 Å². The SMILES string of the molecule is CC(=O)c1cccc(NC(=O)[C@H](C)OC(=O)c2ccc(C(=O)c3ccccc3)cc2)c1. The van der Waals surface area contributed by atoms with Gasteiger partial charge in [-0.05, 0) is 38.1 Å². The first-order valence-electron chi connectivity index (χ1n) is 9.68. The fourth-order valence-electron chi connectivity index (χ4n) is 2.86. The number of hydrogen-bond donors (Lipinski definition) is 1. The summed E-state index contributed by atoms with van der Waals surface area (Å²) >= 11 is 0. The highest BCUT2D eigenvalue weighted by atomic mass is 16.5. The maximum atomic E-state index is 12.4. The van der Waals surface area contributed by atoms with E-state index in [1.165, 1.54) is 26.0 Å². The Labute approximate surface area is 179 Å². The number of carbonyl (C=O) groups excluding carboxylic acids is 4. The second-order valence-corrected chi connectivity index (χ2v) is 6.95. The highest BCUT2D eigenvalue weighted by Crippen LogP contribution is 2.14. The third-order valence-corrected chi connectivity index (χ3v) is 4.61. The molecular weight excluding hydrogens is 394 g/mol. The molecule has 1 N–H and O–H groups in total. The van der Waals surface area contributed by atoms with Crippen LogP contribution in [0.3, 0.4) is 0 Å². The standard InChI is InChI=1S/C25H21NO5/c1-16(27)21-9-6-10-22(15-21)26-24(29)17(2)31-25(30)20-13-11-19(12-14-20)23(28)18-7-4-3-5-8-18/h3-15,17H,1-2H3,(H,26,29)/t17-/m0/s1. The van der Waals surface area contributed by atoms with Gasteiger partial charge in [-0.25, -0.2) is 4.79 Å². The molecule has 3 rings (SSSR count). The van der Waals surface area contributed by atoms with Crippen molar-refractivity contribution in [3.63, 3.8) is 0 Å². The molecule has 0 heterocycles. The monoisotopic (exact) mass is 415 g/mol. The molecule has 156 valence electrons. The van der Waals surface area contributed by atoms with Gasteiger partial charge >= 0.3 is 5.97 Å². The summed E-state index contributed by atoms with van der Waals surface area (Å²) in [5.41, 5.74) is 2.12. The molecule has 6 heteroatoms. The smallest absolute Gasteiger partial charge is 0.338 e. The van der Waals surface area contributed by atoms with Crippen LogP contribution in [0.5, 0.6) is 0 Å². The van der Waals surface area contributed by atoms with E-state index in [4.69, 9.17) is 4.74 Å². The third-order valence-electron chi connectivity index (χ3n) is 4.61. The van der Waals surface area contributed by atoms with E-state index in [9.17, 15) is 19.2 Å². The van der Waals surface area contributed by atoms with Crippen molar-refractivity contribution in [2.45, 2.75) is 20.0 Å². The summed E-state index contributed by atoms with van der Waals surface area (Å²) in [7, 11) is 0. The van der Waals surface area contributed by atoms with Crippen molar-refractivity contribution < 1.29 is 23.9 Å². The third kappa shape index (κ3) is 5.51. The minimum atomic E-state index is -1.06. The fourth-order valence-corrected chi connectivity index (χ4v) is 2.86. The number of anilines is 1. The number of ether oxygens (including phenoxy) is 1. The van der Waals surface area contributed by atoms with E-state index in [1.807, 2.05) is 6.07 Å². The summed E-state index contributed by atoms with van der Waals surface area (Å²) in [6, 6.07) is 21.4. The maximum absolute atomic E-state index is 12.4. The van der Waals surface area contributed by atoms with Crippen molar-refractivity contribution in [1.82, 2.24) is 0 Å². The lowest BCUT2D eigenvalue weighted by molar-refractivity contribution is -0.123. The number of hydrogen-bond acceptors (Lipinski definition) is 5. The number of ketones is 2. The van der Waals surface area contributed by atoms with E-state index in [-0.39, 0.29) is 17.1 Å². The summed E-state index contributed by atoms with van der Waals surface area (Å²) in [5.74, 6) is -1.48. The predicted molar refractivity (Wildman–Crippen MR) is 116 cm³/mol. The molecular formula is C25H21NO5. The number of carbonyl (C=O) groups is 4. The lowest BCUT2D eigenvalue weighted by atomic mass is 10.0. The quantitative estimate of drug-likeness (QED) is 0.459. The molecule has 0 radical (unpaired) electrons. The van der Waals surface area contributed by atoms with Crippen molar-refractivity contribution in [3.8, 4) is 0 Å². The van der Waals surface area contributed by atoms with E-state index in [0.29, 0.717) is 22.4 Å². The summed E-state index contributed by atoms with van der Waals surface area (Å²) in [4.78, 5) is 48.6. The molecule has 3 aromatic rings. The van der Waals surface area contributed by atoms with Crippen LogP contribution in [0.2, 0.25) is 0 Å². The van der Waals surface area contributed by atoms with Crippen LogP contribution >= 0.6 is 0 Å². The molecule has 0 bridgehead atoms. The van der Waals surface area contributed by atoms with Crippen LogP contribution < -0.4 is 5.32 Å². The first-order chi connectivity index (χ1) is 14.8. The maximum Gasteiger partial charge on any atom is 0.338 e. The number of amides is 1. The van der Waals surface area contributed by atoms with Gasteiger partial charge in [0.25, 0.3) is 5.91 Å². The van der Waals surface area contributed by atoms with Crippen molar-refractivity contribution >= 4 is 29.1 Å². The largest absolute Gasteiger partial charge is 0.449 e. The normalized spacial score (nSPS) is 11.3. The molecule has 0 saturated carbocycles. The minimum absolute atomic E-state index is 0.121. The van der Waals surface area contributed by atoms with Crippen LogP contribution in [0, 0.1) is 0 Å². The van der Waals surface area contributed by atoms with E-state index >= 15 is 0 Å². The first kappa shape index (κ1) is 21.6. The Morgan fingerprint density at radius 1 is 0.742 bits per heavy atom. The number of benzene rings is 3. The molecule has 1 atom stereocenters. The molecule has 0 unspecified atom stereocenters. The van der Waals surface area contributed by atoms with Gasteiger partial charge < -0.3 is 10.1 Å². The van der Waals surface area contributed by atoms with Crippen LogP contribution in [-0.4, -0.2) is 29.5 Å². The number of rotatable bonds is 7.